The van der Waals surface area contributed by atoms with Crippen LogP contribution in [0.15, 0.2) is 88.5 Å². The number of para-hydroxylation sites is 1. The monoisotopic (exact) mass is 528 g/mol. The minimum absolute atomic E-state index is 0.00968. The number of hydrogen-bond acceptors (Lipinski definition) is 4. The van der Waals surface area contributed by atoms with Crippen molar-refractivity contribution in [3.63, 3.8) is 0 Å². The number of rotatable bonds is 9. The van der Waals surface area contributed by atoms with Gasteiger partial charge in [0.25, 0.3) is 5.56 Å². The molecular weight excluding hydrogens is 495 g/mol. The van der Waals surface area contributed by atoms with Gasteiger partial charge >= 0.3 is 5.69 Å². The third-order valence-corrected chi connectivity index (χ3v) is 7.41. The van der Waals surface area contributed by atoms with Crippen LogP contribution >= 0.6 is 0 Å². The molecule has 0 radical (unpaired) electrons. The first-order chi connectivity index (χ1) is 19.0. The van der Waals surface area contributed by atoms with Crippen LogP contribution < -0.4 is 16.6 Å². The van der Waals surface area contributed by atoms with E-state index in [1.165, 1.54) is 20.8 Å². The van der Waals surface area contributed by atoms with E-state index < -0.39 is 17.1 Å². The number of fused-ring (bicyclic) bond motifs is 1. The number of aromatic nitrogens is 2. The molecule has 8 heteroatoms. The largest absolute Gasteiger partial charge is 0.353 e. The first-order valence-electron chi connectivity index (χ1n) is 13.5. The molecule has 1 aliphatic rings. The maximum atomic E-state index is 14.4. The number of halogens is 1. The fourth-order valence-corrected chi connectivity index (χ4v) is 5.29. The van der Waals surface area contributed by atoms with Crippen LogP contribution in [-0.4, -0.2) is 39.1 Å². The van der Waals surface area contributed by atoms with E-state index in [1.807, 2.05) is 18.2 Å². The number of nitrogens with zero attached hydrogens (tertiary/aromatic N) is 3. The maximum Gasteiger partial charge on any atom is 0.331 e. The second-order valence-corrected chi connectivity index (χ2v) is 10.1. The summed E-state index contributed by atoms with van der Waals surface area (Å²) in [5.41, 5.74) is 1.21. The summed E-state index contributed by atoms with van der Waals surface area (Å²) < 4.78 is 17.0. The van der Waals surface area contributed by atoms with Gasteiger partial charge in [0.2, 0.25) is 5.91 Å². The number of amides is 1. The third kappa shape index (κ3) is 6.34. The van der Waals surface area contributed by atoms with Crippen LogP contribution in [0.2, 0.25) is 0 Å². The van der Waals surface area contributed by atoms with Gasteiger partial charge in [-0.25, -0.2) is 9.18 Å². The zero-order valence-electron chi connectivity index (χ0n) is 21.9. The Morgan fingerprint density at radius 3 is 2.31 bits per heavy atom. The molecule has 0 bridgehead atoms. The average Bonchev–Trinajstić information content (AvgIpc) is 2.95. The van der Waals surface area contributed by atoms with E-state index in [-0.39, 0.29) is 31.5 Å². The summed E-state index contributed by atoms with van der Waals surface area (Å²) in [5, 5.41) is 3.51. The Balaban J connectivity index is 1.20. The second kappa shape index (κ2) is 12.2. The summed E-state index contributed by atoms with van der Waals surface area (Å²) in [6, 6.07) is 23.6. The number of piperidine rings is 1. The van der Waals surface area contributed by atoms with Crippen molar-refractivity contribution in [2.24, 2.45) is 0 Å². The molecule has 1 saturated heterocycles. The van der Waals surface area contributed by atoms with Gasteiger partial charge in [-0.15, -0.1) is 0 Å². The summed E-state index contributed by atoms with van der Waals surface area (Å²) in [7, 11) is 0. The first kappa shape index (κ1) is 26.6. The van der Waals surface area contributed by atoms with Gasteiger partial charge in [0.15, 0.2) is 0 Å². The van der Waals surface area contributed by atoms with E-state index in [1.54, 1.807) is 42.5 Å². The van der Waals surface area contributed by atoms with Crippen molar-refractivity contribution in [3.05, 3.63) is 117 Å². The number of likely N-dealkylation sites (tertiary alicyclic amines) is 1. The highest BCUT2D eigenvalue weighted by atomic mass is 19.1. The molecule has 202 valence electrons. The lowest BCUT2D eigenvalue weighted by molar-refractivity contribution is -0.122. The minimum atomic E-state index is -0.506. The standard InChI is InChI=1S/C31H33FN4O3/c32-27-13-6-4-11-24(27)22-36-28-14-7-5-12-26(28)30(38)35(31(36)39)18-8-15-29(37)33-25-16-19-34(20-17-25)21-23-9-2-1-3-10-23/h1-7,9-14,25H,8,15-22H2,(H,33,37). The van der Waals surface area contributed by atoms with Gasteiger partial charge in [-0.1, -0.05) is 60.7 Å². The van der Waals surface area contributed by atoms with Crippen LogP contribution in [0, 0.1) is 5.82 Å². The van der Waals surface area contributed by atoms with Crippen molar-refractivity contribution < 1.29 is 9.18 Å². The molecule has 1 amide bonds. The number of carbonyl (C=O) groups is 1. The quantitative estimate of drug-likeness (QED) is 0.358. The van der Waals surface area contributed by atoms with E-state index >= 15 is 0 Å². The van der Waals surface area contributed by atoms with E-state index in [0.717, 1.165) is 32.5 Å². The van der Waals surface area contributed by atoms with Crippen molar-refractivity contribution in [1.82, 2.24) is 19.4 Å². The van der Waals surface area contributed by atoms with E-state index in [0.29, 0.717) is 22.9 Å². The Bertz CT molecular complexity index is 1560. The molecule has 3 aromatic carbocycles. The summed E-state index contributed by atoms with van der Waals surface area (Å²) >= 11 is 0. The molecule has 2 heterocycles. The predicted molar refractivity (Wildman–Crippen MR) is 150 cm³/mol. The van der Waals surface area contributed by atoms with Crippen molar-refractivity contribution in [3.8, 4) is 0 Å². The SMILES string of the molecule is O=C(CCCn1c(=O)c2ccccc2n(Cc2ccccc2F)c1=O)NC1CCN(Cc2ccccc2)CC1. The summed E-state index contributed by atoms with van der Waals surface area (Å²) in [6.07, 6.45) is 2.36. The Morgan fingerprint density at radius 2 is 1.54 bits per heavy atom. The maximum absolute atomic E-state index is 14.4. The molecule has 0 atom stereocenters. The molecule has 7 nitrogen and oxygen atoms in total. The molecule has 1 aromatic heterocycles. The summed E-state index contributed by atoms with van der Waals surface area (Å²) in [5.74, 6) is -0.481. The van der Waals surface area contributed by atoms with Gasteiger partial charge in [0.05, 0.1) is 17.4 Å². The molecule has 0 spiro atoms. The highest BCUT2D eigenvalue weighted by Crippen LogP contribution is 2.15. The van der Waals surface area contributed by atoms with Crippen molar-refractivity contribution in [2.75, 3.05) is 13.1 Å². The van der Waals surface area contributed by atoms with Crippen molar-refractivity contribution in [2.45, 2.75) is 51.4 Å². The van der Waals surface area contributed by atoms with Crippen LogP contribution in [0.25, 0.3) is 10.9 Å². The van der Waals surface area contributed by atoms with Gasteiger partial charge in [0.1, 0.15) is 5.82 Å². The lowest BCUT2D eigenvalue weighted by Gasteiger charge is -2.32. The number of carbonyl (C=O) groups excluding carboxylic acids is 1. The molecule has 1 N–H and O–H groups in total. The molecular formula is C31H33FN4O3. The van der Waals surface area contributed by atoms with Crippen molar-refractivity contribution in [1.29, 1.82) is 0 Å². The number of hydrogen-bond donors (Lipinski definition) is 1. The van der Waals surface area contributed by atoms with E-state index in [2.05, 4.69) is 22.3 Å². The normalized spacial score (nSPS) is 14.5. The molecule has 0 unspecified atom stereocenters. The zero-order chi connectivity index (χ0) is 27.2. The van der Waals surface area contributed by atoms with Crippen LogP contribution in [0.1, 0.15) is 36.8 Å². The minimum Gasteiger partial charge on any atom is -0.353 e. The first-order valence-corrected chi connectivity index (χ1v) is 13.5. The Kier molecular flexibility index (Phi) is 8.32. The smallest absolute Gasteiger partial charge is 0.331 e. The van der Waals surface area contributed by atoms with Gasteiger partial charge in [-0.05, 0) is 43.0 Å². The molecule has 5 rings (SSSR count). The second-order valence-electron chi connectivity index (χ2n) is 10.1. The lowest BCUT2D eigenvalue weighted by Crippen LogP contribution is -2.44. The predicted octanol–water partition coefficient (Wildman–Crippen LogP) is 3.91. The van der Waals surface area contributed by atoms with Crippen LogP contribution in [-0.2, 0) is 24.4 Å². The molecule has 0 saturated carbocycles. The molecule has 0 aliphatic carbocycles. The lowest BCUT2D eigenvalue weighted by atomic mass is 10.0. The molecule has 1 fully saturated rings. The van der Waals surface area contributed by atoms with Gasteiger partial charge < -0.3 is 5.32 Å². The van der Waals surface area contributed by atoms with E-state index in [4.69, 9.17) is 0 Å². The van der Waals surface area contributed by atoms with Gasteiger partial charge in [-0.3, -0.25) is 23.6 Å². The van der Waals surface area contributed by atoms with Crippen LogP contribution in [0.5, 0.6) is 0 Å². The molecule has 4 aromatic rings. The zero-order valence-corrected chi connectivity index (χ0v) is 21.9. The number of benzene rings is 3. The van der Waals surface area contributed by atoms with Crippen molar-refractivity contribution >= 4 is 16.8 Å². The van der Waals surface area contributed by atoms with Crippen LogP contribution in [0.4, 0.5) is 4.39 Å². The molecule has 1 aliphatic heterocycles. The van der Waals surface area contributed by atoms with Gasteiger partial charge in [-0.2, -0.15) is 0 Å². The van der Waals surface area contributed by atoms with E-state index in [9.17, 15) is 18.8 Å². The number of nitrogens with one attached hydrogen (secondary N) is 1. The highest BCUT2D eigenvalue weighted by molar-refractivity contribution is 5.78. The third-order valence-electron chi connectivity index (χ3n) is 7.41. The highest BCUT2D eigenvalue weighted by Gasteiger charge is 2.21. The fourth-order valence-electron chi connectivity index (χ4n) is 5.29. The Hall–Kier alpha value is -4.04. The molecule has 39 heavy (non-hydrogen) atoms. The Morgan fingerprint density at radius 1 is 0.846 bits per heavy atom. The Labute approximate surface area is 226 Å². The van der Waals surface area contributed by atoms with Gasteiger partial charge in [0, 0.05) is 44.2 Å². The summed E-state index contributed by atoms with van der Waals surface area (Å²) in [4.78, 5) is 41.6. The summed E-state index contributed by atoms with van der Waals surface area (Å²) in [6.45, 7) is 2.89. The fraction of sp³-hybridized carbons (Fsp3) is 0.323. The topological polar surface area (TPSA) is 76.3 Å². The van der Waals surface area contributed by atoms with Crippen LogP contribution in [0.3, 0.4) is 0 Å². The average molecular weight is 529 g/mol.